The minimum atomic E-state index is -1.72. The number of aliphatic hydroxyl groups excluding tert-OH is 12. The van der Waals surface area contributed by atoms with Gasteiger partial charge in [0.2, 0.25) is 29.5 Å². The fourth-order valence-electron chi connectivity index (χ4n) is 9.81. The third kappa shape index (κ3) is 27.5. The summed E-state index contributed by atoms with van der Waals surface area (Å²) >= 11 is 0. The zero-order chi connectivity index (χ0) is 61.1. The lowest BCUT2D eigenvalue weighted by Gasteiger charge is -2.39. The largest absolute Gasteiger partial charge is 0.394 e. The first-order valence-corrected chi connectivity index (χ1v) is 29.7. The van der Waals surface area contributed by atoms with Gasteiger partial charge in [-0.25, -0.2) is 0 Å². The first kappa shape index (κ1) is 73.8. The van der Waals surface area contributed by atoms with E-state index in [-0.39, 0.29) is 64.2 Å². The zero-order valence-electron chi connectivity index (χ0n) is 48.2. The van der Waals surface area contributed by atoms with Gasteiger partial charge in [0.1, 0.15) is 73.2 Å². The Balaban J connectivity index is 1.57. The van der Waals surface area contributed by atoms with Crippen LogP contribution in [0.2, 0.25) is 0 Å². The van der Waals surface area contributed by atoms with Crippen molar-refractivity contribution in [3.05, 3.63) is 0 Å². The molecule has 0 unspecified atom stereocenters. The van der Waals surface area contributed by atoms with E-state index in [4.69, 9.17) is 28.4 Å². The number of unbranched alkanes of at least 4 members (excludes halogenated alkanes) is 14. The summed E-state index contributed by atoms with van der Waals surface area (Å²) in [4.78, 5) is 66.9. The van der Waals surface area contributed by atoms with Crippen molar-refractivity contribution in [3.8, 4) is 0 Å². The maximum absolute atomic E-state index is 14.1. The number of carbonyl (C=O) groups is 5. The van der Waals surface area contributed by atoms with Crippen molar-refractivity contribution in [2.24, 2.45) is 0 Å². The fraction of sp³-hybridized carbons (Fsp3) is 0.907. The second-order valence-corrected chi connectivity index (χ2v) is 21.4. The molecule has 3 aliphatic heterocycles. The number of nitrogens with one attached hydrogen (secondary N) is 5. The molecular formula is C54H100N6O23. The summed E-state index contributed by atoms with van der Waals surface area (Å²) in [7, 11) is 0. The number of amides is 5. The second-order valence-electron chi connectivity index (χ2n) is 21.4. The van der Waals surface area contributed by atoms with Gasteiger partial charge >= 0.3 is 0 Å². The van der Waals surface area contributed by atoms with Crippen molar-refractivity contribution in [2.75, 3.05) is 85.5 Å². The minimum Gasteiger partial charge on any atom is -0.394 e. The monoisotopic (exact) mass is 1200 g/mol. The highest BCUT2D eigenvalue weighted by molar-refractivity contribution is 5.86. The van der Waals surface area contributed by atoms with Gasteiger partial charge in [0.05, 0.1) is 58.8 Å². The first-order chi connectivity index (χ1) is 39.9. The topological polar surface area (TPSA) is 447 Å². The molecule has 29 heteroatoms. The van der Waals surface area contributed by atoms with Crippen molar-refractivity contribution in [1.29, 1.82) is 0 Å². The van der Waals surface area contributed by atoms with Crippen LogP contribution in [0.3, 0.4) is 0 Å². The van der Waals surface area contributed by atoms with Crippen molar-refractivity contribution in [1.82, 2.24) is 31.5 Å². The Morgan fingerprint density at radius 1 is 0.398 bits per heavy atom. The number of rotatable bonds is 44. The molecule has 17 N–H and O–H groups in total. The van der Waals surface area contributed by atoms with Crippen LogP contribution in [0.25, 0.3) is 0 Å². The molecule has 3 heterocycles. The summed E-state index contributed by atoms with van der Waals surface area (Å²) in [5.41, 5.74) is 0. The summed E-state index contributed by atoms with van der Waals surface area (Å²) in [6.45, 7) is -1.98. The van der Waals surface area contributed by atoms with Gasteiger partial charge in [0, 0.05) is 45.6 Å². The molecule has 484 valence electrons. The molecule has 0 saturated carbocycles. The van der Waals surface area contributed by atoms with E-state index in [0.29, 0.717) is 32.2 Å². The van der Waals surface area contributed by atoms with Crippen LogP contribution in [0.4, 0.5) is 0 Å². The van der Waals surface area contributed by atoms with Gasteiger partial charge < -0.3 is 116 Å². The second kappa shape index (κ2) is 42.4. The molecule has 83 heavy (non-hydrogen) atoms. The zero-order valence-corrected chi connectivity index (χ0v) is 48.2. The Kier molecular flexibility index (Phi) is 37.8. The standard InChI is InChI=1S/C54H100N6O23/c1-2-55-38(64)20-15-13-11-9-7-5-3-4-6-8-10-12-14-16-21-39(65)56-22-18-17-19-34(51(77)59-25-28-80-54-50(76)47(73)44(70)37(33-63)83-54)60(29-40(66)57-23-26-78-52-48(74)45(71)42(68)35(31-61)81-52)30-41(67)58-24-27-79-53-49(75)46(72)43(69)36(32-62)82-53/h34-37,42-50,52-54,61-63,68-76H,2-33H2,1H3,(H,55,64)(H,56,65)(H,57,66)(H,58,67)(H,59,77)/t34-,35+,36+,37+,42+,43+,44+,45-,46-,47-,48-,49-,50-,52-,53-,54-/m0/s1. The van der Waals surface area contributed by atoms with Crippen LogP contribution < -0.4 is 26.6 Å². The van der Waals surface area contributed by atoms with E-state index in [2.05, 4.69) is 26.6 Å². The van der Waals surface area contributed by atoms with Gasteiger partial charge in [-0.1, -0.05) is 77.0 Å². The normalized spacial score (nSPS) is 28.6. The highest BCUT2D eigenvalue weighted by atomic mass is 16.7. The average molecular weight is 1200 g/mol. The van der Waals surface area contributed by atoms with Crippen LogP contribution >= 0.6 is 0 Å². The average Bonchev–Trinajstić information content (AvgIpc) is 3.63. The summed E-state index contributed by atoms with van der Waals surface area (Å²) in [5.74, 6) is -2.09. The molecule has 29 nitrogen and oxygen atoms in total. The van der Waals surface area contributed by atoms with Crippen molar-refractivity contribution >= 4 is 29.5 Å². The van der Waals surface area contributed by atoms with Gasteiger partial charge in [-0.2, -0.15) is 0 Å². The highest BCUT2D eigenvalue weighted by Gasteiger charge is 2.46. The number of hydrogen-bond acceptors (Lipinski definition) is 24. The number of nitrogens with zero attached hydrogens (tertiary/aromatic N) is 1. The molecule has 0 bridgehead atoms. The molecule has 3 fully saturated rings. The molecule has 3 rings (SSSR count). The molecule has 0 aliphatic carbocycles. The summed E-state index contributed by atoms with van der Waals surface area (Å²) < 4.78 is 32.6. The Bertz CT molecular complexity index is 1740. The Morgan fingerprint density at radius 3 is 1.07 bits per heavy atom. The third-order valence-corrected chi connectivity index (χ3v) is 14.7. The fourth-order valence-corrected chi connectivity index (χ4v) is 9.81. The van der Waals surface area contributed by atoms with Crippen LogP contribution in [0.15, 0.2) is 0 Å². The van der Waals surface area contributed by atoms with Crippen LogP contribution in [-0.4, -0.2) is 279 Å². The van der Waals surface area contributed by atoms with E-state index >= 15 is 0 Å². The number of ether oxygens (including phenoxy) is 6. The Hall–Kier alpha value is -3.41. The maximum Gasteiger partial charge on any atom is 0.237 e. The molecule has 0 aromatic rings. The van der Waals surface area contributed by atoms with Crippen LogP contribution in [-0.2, 0) is 52.4 Å². The van der Waals surface area contributed by atoms with E-state index in [9.17, 15) is 85.3 Å². The van der Waals surface area contributed by atoms with Gasteiger partial charge in [-0.3, -0.25) is 28.9 Å². The predicted octanol–water partition coefficient (Wildman–Crippen LogP) is -4.88. The molecule has 3 saturated heterocycles. The molecule has 0 aromatic carbocycles. The van der Waals surface area contributed by atoms with E-state index in [1.165, 1.54) is 49.8 Å². The molecule has 3 aliphatic rings. The highest BCUT2D eigenvalue weighted by Crippen LogP contribution is 2.25. The van der Waals surface area contributed by atoms with E-state index in [0.717, 1.165) is 44.9 Å². The molecule has 5 amide bonds. The lowest BCUT2D eigenvalue weighted by atomic mass is 9.99. The third-order valence-electron chi connectivity index (χ3n) is 14.7. The van der Waals surface area contributed by atoms with E-state index < -0.39 is 149 Å². The summed E-state index contributed by atoms with van der Waals surface area (Å²) in [6, 6.07) is -1.21. The number of aliphatic hydroxyl groups is 12. The lowest BCUT2D eigenvalue weighted by molar-refractivity contribution is -0.300. The van der Waals surface area contributed by atoms with Crippen LogP contribution in [0.1, 0.15) is 129 Å². The quantitative estimate of drug-likeness (QED) is 0.0254. The number of hydrogen-bond donors (Lipinski definition) is 17. The van der Waals surface area contributed by atoms with E-state index in [1.54, 1.807) is 0 Å². The summed E-state index contributed by atoms with van der Waals surface area (Å²) in [5, 5.41) is 134. The Labute approximate surface area is 486 Å². The maximum atomic E-state index is 14.1. The molecule has 0 spiro atoms. The molecule has 0 radical (unpaired) electrons. The Morgan fingerprint density at radius 2 is 0.723 bits per heavy atom. The van der Waals surface area contributed by atoms with Gasteiger partial charge in [0.25, 0.3) is 0 Å². The number of carbonyl (C=O) groups excluding carboxylic acids is 5. The van der Waals surface area contributed by atoms with Crippen molar-refractivity contribution in [2.45, 2.75) is 227 Å². The molecule has 0 aromatic heterocycles. The van der Waals surface area contributed by atoms with Crippen LogP contribution in [0.5, 0.6) is 0 Å². The predicted molar refractivity (Wildman–Crippen MR) is 293 cm³/mol. The van der Waals surface area contributed by atoms with Gasteiger partial charge in [0.15, 0.2) is 18.9 Å². The first-order valence-electron chi connectivity index (χ1n) is 29.7. The minimum absolute atomic E-state index is 0.0395. The smallest absolute Gasteiger partial charge is 0.237 e. The lowest BCUT2D eigenvalue weighted by Crippen LogP contribution is -2.59. The van der Waals surface area contributed by atoms with Crippen LogP contribution in [0, 0.1) is 0 Å². The van der Waals surface area contributed by atoms with Crippen molar-refractivity contribution < 1.29 is 114 Å². The summed E-state index contributed by atoms with van der Waals surface area (Å²) in [6.07, 6.45) is -6.22. The van der Waals surface area contributed by atoms with Crippen molar-refractivity contribution in [3.63, 3.8) is 0 Å². The van der Waals surface area contributed by atoms with Gasteiger partial charge in [-0.15, -0.1) is 0 Å². The molecular weight excluding hydrogens is 1100 g/mol. The van der Waals surface area contributed by atoms with Gasteiger partial charge in [-0.05, 0) is 39.0 Å². The SMILES string of the molecule is CCNC(=O)CCCCCCCCCCCCCCCCC(=O)NCCCC[C@@H](C(=O)NCCO[C@H]1O[C@H](CO)[C@@H](O)[C@H](O)[C@@H]1O)N(CC(=O)NCCO[C@H]1O[C@H](CO)[C@@H](O)[C@H](O)[C@@H]1O)CC(=O)NCCO[C@H]1O[C@H](CO)[C@@H](O)[C@H](O)[C@@H]1O. The van der Waals surface area contributed by atoms with E-state index in [1.807, 2.05) is 6.92 Å². The molecule has 16 atom stereocenters.